The first-order valence-corrected chi connectivity index (χ1v) is 12.0. The van der Waals surface area contributed by atoms with Crippen LogP contribution < -0.4 is 0 Å². The monoisotopic (exact) mass is 408 g/mol. The Labute approximate surface area is 177 Å². The lowest BCUT2D eigenvalue weighted by atomic mass is 9.48. The van der Waals surface area contributed by atoms with Gasteiger partial charge >= 0.3 is 11.9 Å². The molecule has 0 aromatic rings. The number of rotatable bonds is 8. The molecule has 0 spiro atoms. The van der Waals surface area contributed by atoms with Crippen LogP contribution in [0.5, 0.6) is 0 Å². The van der Waals surface area contributed by atoms with Crippen molar-refractivity contribution in [1.29, 1.82) is 0 Å². The van der Waals surface area contributed by atoms with Crippen LogP contribution in [0.4, 0.5) is 0 Å². The highest BCUT2D eigenvalue weighted by atomic mass is 16.4. The van der Waals surface area contributed by atoms with E-state index in [-0.39, 0.29) is 24.7 Å². The number of carbonyl (C=O) groups is 2. The van der Waals surface area contributed by atoms with E-state index in [2.05, 4.69) is 41.5 Å². The molecule has 2 aliphatic rings. The van der Waals surface area contributed by atoms with Gasteiger partial charge < -0.3 is 10.2 Å². The Kier molecular flexibility index (Phi) is 8.21. The molecular weight excluding hydrogens is 364 g/mol. The van der Waals surface area contributed by atoms with Crippen LogP contribution >= 0.6 is 0 Å². The average molecular weight is 409 g/mol. The van der Waals surface area contributed by atoms with Crippen molar-refractivity contribution in [1.82, 2.24) is 0 Å². The molecular formula is C25H44O4. The van der Waals surface area contributed by atoms with Crippen LogP contribution in [-0.2, 0) is 9.59 Å². The van der Waals surface area contributed by atoms with E-state index in [9.17, 15) is 19.8 Å². The molecule has 2 saturated carbocycles. The van der Waals surface area contributed by atoms with Crippen molar-refractivity contribution >= 4 is 11.9 Å². The van der Waals surface area contributed by atoms with Gasteiger partial charge in [-0.25, -0.2) is 0 Å². The van der Waals surface area contributed by atoms with Crippen LogP contribution in [-0.4, -0.2) is 22.2 Å². The smallest absolute Gasteiger partial charge is 0.310 e. The summed E-state index contributed by atoms with van der Waals surface area (Å²) in [6.45, 7) is 13.4. The highest BCUT2D eigenvalue weighted by molar-refractivity contribution is 5.77. The summed E-state index contributed by atoms with van der Waals surface area (Å²) < 4.78 is 0. The zero-order valence-corrected chi connectivity index (χ0v) is 19.5. The molecule has 168 valence electrons. The number of hydrogen-bond acceptors (Lipinski definition) is 2. The summed E-state index contributed by atoms with van der Waals surface area (Å²) >= 11 is 0. The quantitative estimate of drug-likeness (QED) is 0.491. The number of aliphatic carboxylic acids is 2. The fourth-order valence-corrected chi connectivity index (χ4v) is 6.97. The molecule has 0 aliphatic heterocycles. The second-order valence-electron chi connectivity index (χ2n) is 11.1. The number of carboxylic acid groups (broad SMARTS) is 2. The highest BCUT2D eigenvalue weighted by Gasteiger charge is 2.58. The maximum absolute atomic E-state index is 13.2. The lowest BCUT2D eigenvalue weighted by molar-refractivity contribution is -0.172. The van der Waals surface area contributed by atoms with Gasteiger partial charge in [-0.3, -0.25) is 9.59 Å². The first kappa shape index (κ1) is 24.2. The van der Waals surface area contributed by atoms with Crippen molar-refractivity contribution in [3.8, 4) is 0 Å². The molecule has 0 bridgehead atoms. The number of carboxylic acids is 2. The van der Waals surface area contributed by atoms with Crippen molar-refractivity contribution < 1.29 is 19.8 Å². The molecule has 0 amide bonds. The zero-order valence-electron chi connectivity index (χ0n) is 19.5. The van der Waals surface area contributed by atoms with Crippen molar-refractivity contribution in [3.63, 3.8) is 0 Å². The largest absolute Gasteiger partial charge is 0.481 e. The Hall–Kier alpha value is -1.06. The molecule has 2 fully saturated rings. The van der Waals surface area contributed by atoms with Crippen LogP contribution in [0.15, 0.2) is 0 Å². The van der Waals surface area contributed by atoms with Crippen LogP contribution in [0.3, 0.4) is 0 Å². The topological polar surface area (TPSA) is 74.6 Å². The van der Waals surface area contributed by atoms with Crippen molar-refractivity contribution in [2.75, 3.05) is 0 Å². The molecule has 4 nitrogen and oxygen atoms in total. The summed E-state index contributed by atoms with van der Waals surface area (Å²) in [4.78, 5) is 24.8. The summed E-state index contributed by atoms with van der Waals surface area (Å²) in [7, 11) is 0. The Morgan fingerprint density at radius 2 is 1.24 bits per heavy atom. The third kappa shape index (κ3) is 5.17. The molecule has 0 heterocycles. The molecule has 0 aromatic carbocycles. The van der Waals surface area contributed by atoms with Gasteiger partial charge in [0.25, 0.3) is 0 Å². The molecule has 29 heavy (non-hydrogen) atoms. The van der Waals surface area contributed by atoms with E-state index in [0.717, 1.165) is 38.5 Å². The molecule has 2 rings (SSSR count). The van der Waals surface area contributed by atoms with Gasteiger partial charge in [0.2, 0.25) is 0 Å². The molecule has 4 heteroatoms. The summed E-state index contributed by atoms with van der Waals surface area (Å²) in [6.07, 6.45) is 6.53. The normalized spacial score (nSPS) is 35.4. The van der Waals surface area contributed by atoms with Gasteiger partial charge in [-0.1, -0.05) is 54.4 Å². The van der Waals surface area contributed by atoms with Gasteiger partial charge in [0.15, 0.2) is 0 Å². The lowest BCUT2D eigenvalue weighted by Crippen LogP contribution is -2.54. The minimum atomic E-state index is -0.925. The van der Waals surface area contributed by atoms with Gasteiger partial charge in [-0.15, -0.1) is 0 Å². The van der Waals surface area contributed by atoms with Gasteiger partial charge in [0, 0.05) is 6.42 Å². The van der Waals surface area contributed by atoms with Crippen molar-refractivity contribution in [2.45, 2.75) is 92.9 Å². The standard InChI is InChI=1S/C25H44O4/c1-15(2)19-9-7-17(5)13-21(19)25(24(28)29,12-11-23(26)27)22-14-18(6)8-10-20(22)16(3)4/h15-22H,7-14H2,1-6H3,(H,26,27)(H,28,29). The van der Waals surface area contributed by atoms with E-state index >= 15 is 0 Å². The molecule has 2 N–H and O–H groups in total. The van der Waals surface area contributed by atoms with Crippen LogP contribution in [0.2, 0.25) is 0 Å². The fourth-order valence-electron chi connectivity index (χ4n) is 6.97. The van der Waals surface area contributed by atoms with Gasteiger partial charge in [0.1, 0.15) is 0 Å². The zero-order chi connectivity index (χ0) is 21.9. The minimum Gasteiger partial charge on any atom is -0.481 e. The third-order valence-electron chi connectivity index (χ3n) is 8.52. The highest BCUT2D eigenvalue weighted by Crippen LogP contribution is 2.58. The van der Waals surface area contributed by atoms with E-state index in [1.807, 2.05) is 0 Å². The maximum atomic E-state index is 13.2. The molecule has 6 unspecified atom stereocenters. The van der Waals surface area contributed by atoms with Crippen LogP contribution in [0.25, 0.3) is 0 Å². The minimum absolute atomic E-state index is 0.0440. The molecule has 6 atom stereocenters. The van der Waals surface area contributed by atoms with Crippen molar-refractivity contribution in [2.24, 2.45) is 52.8 Å². The third-order valence-corrected chi connectivity index (χ3v) is 8.52. The first-order chi connectivity index (χ1) is 13.5. The number of hydrogen-bond donors (Lipinski definition) is 2. The van der Waals surface area contributed by atoms with E-state index in [4.69, 9.17) is 0 Å². The average Bonchev–Trinajstić information content (AvgIpc) is 2.61. The molecule has 0 aromatic heterocycles. The summed E-state index contributed by atoms with van der Waals surface area (Å²) in [5, 5.41) is 20.3. The first-order valence-electron chi connectivity index (χ1n) is 12.0. The predicted octanol–water partition coefficient (Wildman–Crippen LogP) is 6.34. The van der Waals surface area contributed by atoms with E-state index in [0.29, 0.717) is 35.5 Å². The fraction of sp³-hybridized carbons (Fsp3) is 0.920. The van der Waals surface area contributed by atoms with Gasteiger partial charge in [-0.05, 0) is 79.4 Å². The predicted molar refractivity (Wildman–Crippen MR) is 117 cm³/mol. The van der Waals surface area contributed by atoms with Crippen LogP contribution in [0, 0.1) is 52.8 Å². The lowest BCUT2D eigenvalue weighted by Gasteiger charge is -2.55. The summed E-state index contributed by atoms with van der Waals surface area (Å²) in [5.74, 6) is 1.14. The second-order valence-corrected chi connectivity index (χ2v) is 11.1. The molecule has 0 radical (unpaired) electrons. The maximum Gasteiger partial charge on any atom is 0.310 e. The Balaban J connectivity index is 2.61. The van der Waals surface area contributed by atoms with E-state index < -0.39 is 17.4 Å². The molecule has 0 saturated heterocycles. The Bertz CT molecular complexity index is 535. The van der Waals surface area contributed by atoms with Gasteiger partial charge in [0.05, 0.1) is 5.41 Å². The van der Waals surface area contributed by atoms with E-state index in [1.54, 1.807) is 0 Å². The van der Waals surface area contributed by atoms with Crippen LogP contribution in [0.1, 0.15) is 92.9 Å². The Morgan fingerprint density at radius 1 is 0.828 bits per heavy atom. The summed E-state index contributed by atoms with van der Waals surface area (Å²) in [6, 6.07) is 0. The van der Waals surface area contributed by atoms with E-state index in [1.165, 1.54) is 0 Å². The second kappa shape index (κ2) is 9.83. The van der Waals surface area contributed by atoms with Gasteiger partial charge in [-0.2, -0.15) is 0 Å². The summed E-state index contributed by atoms with van der Waals surface area (Å²) in [5.41, 5.74) is -0.925. The van der Waals surface area contributed by atoms with Crippen molar-refractivity contribution in [3.05, 3.63) is 0 Å². The Morgan fingerprint density at radius 3 is 1.55 bits per heavy atom. The SMILES string of the molecule is CC1CCC(C(C)C)C(C(CCC(=O)O)(C(=O)O)C2CC(C)CCC2C(C)C)C1. The molecule has 2 aliphatic carbocycles.